The highest BCUT2D eigenvalue weighted by Crippen LogP contribution is 2.21. The fourth-order valence-electron chi connectivity index (χ4n) is 2.12. The van der Waals surface area contributed by atoms with Crippen LogP contribution in [0.5, 0.6) is 0 Å². The number of halogens is 1. The van der Waals surface area contributed by atoms with Crippen molar-refractivity contribution in [3.05, 3.63) is 53.1 Å². The Hall–Kier alpha value is -2.38. The van der Waals surface area contributed by atoms with Crippen molar-refractivity contribution in [2.24, 2.45) is 0 Å². The van der Waals surface area contributed by atoms with E-state index in [2.05, 4.69) is 10.6 Å². The highest BCUT2D eigenvalue weighted by Gasteiger charge is 2.19. The molecule has 0 heterocycles. The summed E-state index contributed by atoms with van der Waals surface area (Å²) in [6.07, 6.45) is 0. The summed E-state index contributed by atoms with van der Waals surface area (Å²) in [7, 11) is -3.77. The van der Waals surface area contributed by atoms with Gasteiger partial charge >= 0.3 is 0 Å². The van der Waals surface area contributed by atoms with Crippen molar-refractivity contribution < 1.29 is 18.0 Å². The Morgan fingerprint density at radius 3 is 2.28 bits per heavy atom. The molecule has 2 amide bonds. The van der Waals surface area contributed by atoms with Crippen LogP contribution in [-0.2, 0) is 19.4 Å². The second-order valence-electron chi connectivity index (χ2n) is 5.47. The summed E-state index contributed by atoms with van der Waals surface area (Å²) >= 11 is 5.73. The van der Waals surface area contributed by atoms with Crippen LogP contribution in [0.1, 0.15) is 12.5 Å². The predicted molar refractivity (Wildman–Crippen MR) is 97.6 cm³/mol. The summed E-state index contributed by atoms with van der Waals surface area (Å²) in [4.78, 5) is 23.3. The molecule has 0 saturated heterocycles. The first kappa shape index (κ1) is 19.0. The minimum absolute atomic E-state index is 0.0230. The molecule has 0 aliphatic carbocycles. The summed E-state index contributed by atoms with van der Waals surface area (Å²) < 4.78 is 24.5. The van der Waals surface area contributed by atoms with Gasteiger partial charge in [-0.2, -0.15) is 0 Å². The number of hydrogen-bond donors (Lipinski definition) is 2. The van der Waals surface area contributed by atoms with Gasteiger partial charge in [-0.25, -0.2) is 8.42 Å². The van der Waals surface area contributed by atoms with Crippen molar-refractivity contribution in [1.82, 2.24) is 0 Å². The van der Waals surface area contributed by atoms with E-state index < -0.39 is 21.5 Å². The average molecular weight is 381 g/mol. The molecule has 0 aliphatic rings. The molecule has 2 aromatic carbocycles. The molecule has 6 nitrogen and oxygen atoms in total. The minimum Gasteiger partial charge on any atom is -0.326 e. The van der Waals surface area contributed by atoms with Gasteiger partial charge in [-0.3, -0.25) is 9.59 Å². The monoisotopic (exact) mass is 380 g/mol. The van der Waals surface area contributed by atoms with Crippen molar-refractivity contribution in [2.75, 3.05) is 16.4 Å². The lowest BCUT2D eigenvalue weighted by molar-refractivity contribution is -0.114. The number of hydrogen-bond acceptors (Lipinski definition) is 4. The van der Waals surface area contributed by atoms with Gasteiger partial charge in [0.2, 0.25) is 11.8 Å². The molecule has 2 N–H and O–H groups in total. The minimum atomic E-state index is -3.77. The molecule has 0 bridgehead atoms. The fourth-order valence-corrected chi connectivity index (χ4v) is 3.38. The number of amides is 2. The first-order valence-corrected chi connectivity index (χ1v) is 9.37. The van der Waals surface area contributed by atoms with E-state index in [1.807, 2.05) is 6.92 Å². The zero-order valence-corrected chi connectivity index (χ0v) is 15.2. The number of benzene rings is 2. The van der Waals surface area contributed by atoms with Crippen LogP contribution in [0.15, 0.2) is 47.4 Å². The maximum absolute atomic E-state index is 12.2. The second-order valence-corrected chi connectivity index (χ2v) is 7.90. The maximum Gasteiger partial charge on any atom is 0.239 e. The Morgan fingerprint density at radius 2 is 1.68 bits per heavy atom. The van der Waals surface area contributed by atoms with Crippen LogP contribution in [0.25, 0.3) is 0 Å². The molecular formula is C17H17ClN2O4S. The quantitative estimate of drug-likeness (QED) is 0.833. The number of carbonyl (C=O) groups excluding carboxylic acids is 2. The first-order valence-electron chi connectivity index (χ1n) is 7.34. The average Bonchev–Trinajstić information content (AvgIpc) is 2.50. The molecule has 0 fully saturated rings. The third-order valence-electron chi connectivity index (χ3n) is 3.33. The van der Waals surface area contributed by atoms with E-state index in [1.54, 1.807) is 18.2 Å². The molecule has 8 heteroatoms. The lowest BCUT2D eigenvalue weighted by Gasteiger charge is -2.11. The number of sulfone groups is 1. The Labute approximate surface area is 151 Å². The maximum atomic E-state index is 12.2. The summed E-state index contributed by atoms with van der Waals surface area (Å²) in [5, 5.41) is 5.58. The van der Waals surface area contributed by atoms with Crippen LogP contribution in [-0.4, -0.2) is 26.0 Å². The zero-order chi connectivity index (χ0) is 18.6. The van der Waals surface area contributed by atoms with Crippen LogP contribution in [0.4, 0.5) is 11.4 Å². The smallest absolute Gasteiger partial charge is 0.239 e. The van der Waals surface area contributed by atoms with Crippen LogP contribution < -0.4 is 10.6 Å². The Morgan fingerprint density at radius 1 is 1.04 bits per heavy atom. The van der Waals surface area contributed by atoms with Crippen LogP contribution in [0, 0.1) is 6.92 Å². The van der Waals surface area contributed by atoms with Crippen molar-refractivity contribution >= 4 is 44.6 Å². The number of rotatable bonds is 5. The number of aryl methyl sites for hydroxylation is 1. The fraction of sp³-hybridized carbons (Fsp3) is 0.176. The van der Waals surface area contributed by atoms with E-state index in [4.69, 9.17) is 11.6 Å². The van der Waals surface area contributed by atoms with Crippen molar-refractivity contribution in [3.8, 4) is 0 Å². The van der Waals surface area contributed by atoms with E-state index in [-0.39, 0.29) is 10.8 Å². The van der Waals surface area contributed by atoms with Gasteiger partial charge in [-0.05, 0) is 48.9 Å². The van der Waals surface area contributed by atoms with Gasteiger partial charge in [0.05, 0.1) is 4.90 Å². The van der Waals surface area contributed by atoms with E-state index in [0.717, 1.165) is 5.56 Å². The second kappa shape index (κ2) is 7.67. The SMILES string of the molecule is CC(=O)Nc1cc(NC(=O)CS(=O)(=O)c2ccc(Cl)cc2)ccc1C. The Bertz CT molecular complexity index is 909. The molecule has 0 spiro atoms. The summed E-state index contributed by atoms with van der Waals surface area (Å²) in [6.45, 7) is 3.19. The normalized spacial score (nSPS) is 11.0. The molecule has 0 atom stereocenters. The summed E-state index contributed by atoms with van der Waals surface area (Å²) in [6, 6.07) is 10.5. The third kappa shape index (κ3) is 5.30. The molecule has 2 rings (SSSR count). The lowest BCUT2D eigenvalue weighted by atomic mass is 10.2. The van der Waals surface area contributed by atoms with Crippen molar-refractivity contribution in [3.63, 3.8) is 0 Å². The van der Waals surface area contributed by atoms with Crippen LogP contribution in [0.2, 0.25) is 5.02 Å². The van der Waals surface area contributed by atoms with E-state index in [1.165, 1.54) is 31.2 Å². The number of carbonyl (C=O) groups is 2. The molecule has 25 heavy (non-hydrogen) atoms. The lowest BCUT2D eigenvalue weighted by Crippen LogP contribution is -2.23. The van der Waals surface area contributed by atoms with Crippen molar-refractivity contribution in [2.45, 2.75) is 18.7 Å². The van der Waals surface area contributed by atoms with Crippen molar-refractivity contribution in [1.29, 1.82) is 0 Å². The molecule has 0 unspecified atom stereocenters. The highest BCUT2D eigenvalue weighted by molar-refractivity contribution is 7.92. The summed E-state index contributed by atoms with van der Waals surface area (Å²) in [5.74, 6) is -1.61. The Balaban J connectivity index is 2.12. The van der Waals surface area contributed by atoms with Crippen LogP contribution in [0.3, 0.4) is 0 Å². The third-order valence-corrected chi connectivity index (χ3v) is 5.21. The van der Waals surface area contributed by atoms with Gasteiger partial charge in [0.15, 0.2) is 9.84 Å². The molecule has 132 valence electrons. The van der Waals surface area contributed by atoms with Crippen LogP contribution >= 0.6 is 11.6 Å². The molecule has 0 aromatic heterocycles. The standard InChI is InChI=1S/C17H17ClN2O4S/c1-11-3-6-14(9-16(11)19-12(2)21)20-17(22)10-25(23,24)15-7-4-13(18)5-8-15/h3-9H,10H2,1-2H3,(H,19,21)(H,20,22). The van der Waals surface area contributed by atoms with E-state index in [9.17, 15) is 18.0 Å². The summed E-state index contributed by atoms with van der Waals surface area (Å²) in [5.41, 5.74) is 1.76. The van der Waals surface area contributed by atoms with Gasteiger partial charge in [0.1, 0.15) is 5.75 Å². The topological polar surface area (TPSA) is 92.3 Å². The zero-order valence-electron chi connectivity index (χ0n) is 13.7. The van der Waals surface area contributed by atoms with Gasteiger partial charge in [0.25, 0.3) is 0 Å². The highest BCUT2D eigenvalue weighted by atomic mass is 35.5. The molecule has 0 saturated carbocycles. The van der Waals surface area contributed by atoms with Gasteiger partial charge in [0, 0.05) is 23.3 Å². The Kier molecular flexibility index (Phi) is 5.81. The molecule has 0 radical (unpaired) electrons. The van der Waals surface area contributed by atoms with Gasteiger partial charge < -0.3 is 10.6 Å². The van der Waals surface area contributed by atoms with Gasteiger partial charge in [-0.1, -0.05) is 17.7 Å². The molecular weight excluding hydrogens is 364 g/mol. The van der Waals surface area contributed by atoms with E-state index >= 15 is 0 Å². The largest absolute Gasteiger partial charge is 0.326 e. The molecule has 2 aromatic rings. The number of nitrogens with one attached hydrogen (secondary N) is 2. The number of anilines is 2. The molecule has 0 aliphatic heterocycles. The first-order chi connectivity index (χ1) is 11.7. The predicted octanol–water partition coefficient (Wildman–Crippen LogP) is 3.02. The van der Waals surface area contributed by atoms with E-state index in [0.29, 0.717) is 16.4 Å². The van der Waals surface area contributed by atoms with Gasteiger partial charge in [-0.15, -0.1) is 0 Å².